The van der Waals surface area contributed by atoms with Crippen molar-refractivity contribution in [1.82, 2.24) is 5.32 Å². The van der Waals surface area contributed by atoms with Crippen LogP contribution in [0.2, 0.25) is 5.02 Å². The first-order chi connectivity index (χ1) is 9.54. The number of rotatable bonds is 8. The molecule has 1 aromatic rings. The molecular weight excluding hydrogens is 286 g/mol. The van der Waals surface area contributed by atoms with Gasteiger partial charge in [-0.05, 0) is 24.6 Å². The van der Waals surface area contributed by atoms with Crippen LogP contribution in [0.4, 0.5) is 0 Å². The van der Waals surface area contributed by atoms with Gasteiger partial charge in [-0.2, -0.15) is 0 Å². The van der Waals surface area contributed by atoms with Crippen molar-refractivity contribution in [3.8, 4) is 5.75 Å². The smallest absolute Gasteiger partial charge is 0.335 e. The van der Waals surface area contributed by atoms with Crippen molar-refractivity contribution in [3.63, 3.8) is 0 Å². The Morgan fingerprint density at radius 1 is 1.40 bits per heavy atom. The third-order valence-corrected chi connectivity index (χ3v) is 2.68. The van der Waals surface area contributed by atoms with E-state index in [9.17, 15) is 9.59 Å². The van der Waals surface area contributed by atoms with Crippen LogP contribution in [-0.4, -0.2) is 43.9 Å². The van der Waals surface area contributed by atoms with E-state index in [1.165, 1.54) is 18.2 Å². The van der Waals surface area contributed by atoms with Gasteiger partial charge in [0.25, 0.3) is 5.91 Å². The Kier molecular flexibility index (Phi) is 6.83. The molecule has 0 radical (unpaired) electrons. The summed E-state index contributed by atoms with van der Waals surface area (Å²) in [7, 11) is 1.59. The van der Waals surface area contributed by atoms with Crippen molar-refractivity contribution in [2.45, 2.75) is 6.42 Å². The van der Waals surface area contributed by atoms with Crippen molar-refractivity contribution in [1.29, 1.82) is 0 Å². The third kappa shape index (κ3) is 5.46. The zero-order valence-electron chi connectivity index (χ0n) is 11.0. The van der Waals surface area contributed by atoms with Gasteiger partial charge >= 0.3 is 5.97 Å². The van der Waals surface area contributed by atoms with E-state index in [-0.39, 0.29) is 28.8 Å². The van der Waals surface area contributed by atoms with E-state index in [1.807, 2.05) is 0 Å². The standard InChI is InChI=1S/C13H16ClNO5/c1-19-6-2-5-15-12(16)8-20-11-4-3-9(13(17)18)7-10(11)14/h3-4,7H,2,5-6,8H2,1H3,(H,15,16)(H,17,18). The largest absolute Gasteiger partial charge is 0.482 e. The molecular formula is C13H16ClNO5. The molecule has 0 saturated carbocycles. The van der Waals surface area contributed by atoms with Gasteiger partial charge in [-0.15, -0.1) is 0 Å². The summed E-state index contributed by atoms with van der Waals surface area (Å²) < 4.78 is 10.1. The van der Waals surface area contributed by atoms with Crippen LogP contribution in [0.5, 0.6) is 5.75 Å². The maximum Gasteiger partial charge on any atom is 0.335 e. The molecule has 0 aliphatic heterocycles. The highest BCUT2D eigenvalue weighted by atomic mass is 35.5. The van der Waals surface area contributed by atoms with Crippen LogP contribution in [0.15, 0.2) is 18.2 Å². The Labute approximate surface area is 121 Å². The molecule has 7 heteroatoms. The number of halogens is 1. The van der Waals surface area contributed by atoms with Gasteiger partial charge in [0.2, 0.25) is 0 Å². The number of methoxy groups -OCH3 is 1. The Bertz CT molecular complexity index is 478. The summed E-state index contributed by atoms with van der Waals surface area (Å²) in [4.78, 5) is 22.2. The van der Waals surface area contributed by atoms with E-state index < -0.39 is 5.97 Å². The van der Waals surface area contributed by atoms with Gasteiger partial charge in [-0.25, -0.2) is 4.79 Å². The molecule has 0 aromatic heterocycles. The Hall–Kier alpha value is -1.79. The predicted molar refractivity (Wildman–Crippen MR) is 73.4 cm³/mol. The SMILES string of the molecule is COCCCNC(=O)COc1ccc(C(=O)O)cc1Cl. The molecule has 0 atom stereocenters. The van der Waals surface area contributed by atoms with E-state index >= 15 is 0 Å². The van der Waals surface area contributed by atoms with Gasteiger partial charge in [0.1, 0.15) is 5.75 Å². The Morgan fingerprint density at radius 2 is 2.15 bits per heavy atom. The van der Waals surface area contributed by atoms with Crippen LogP contribution in [0.1, 0.15) is 16.8 Å². The number of hydrogen-bond donors (Lipinski definition) is 2. The van der Waals surface area contributed by atoms with Gasteiger partial charge in [0.05, 0.1) is 10.6 Å². The summed E-state index contributed by atoms with van der Waals surface area (Å²) in [5.74, 6) is -1.09. The van der Waals surface area contributed by atoms with E-state index in [4.69, 9.17) is 26.2 Å². The molecule has 0 aliphatic carbocycles. The molecule has 0 spiro atoms. The van der Waals surface area contributed by atoms with Gasteiger partial charge in [0, 0.05) is 20.3 Å². The highest BCUT2D eigenvalue weighted by molar-refractivity contribution is 6.32. The second-order valence-corrected chi connectivity index (χ2v) is 4.34. The van der Waals surface area contributed by atoms with Gasteiger partial charge in [-0.1, -0.05) is 11.6 Å². The Morgan fingerprint density at radius 3 is 2.75 bits per heavy atom. The number of benzene rings is 1. The molecule has 0 unspecified atom stereocenters. The topological polar surface area (TPSA) is 84.9 Å². The highest BCUT2D eigenvalue weighted by Crippen LogP contribution is 2.25. The number of ether oxygens (including phenoxy) is 2. The first-order valence-electron chi connectivity index (χ1n) is 5.96. The summed E-state index contributed by atoms with van der Waals surface area (Å²) in [5.41, 5.74) is 0.0615. The third-order valence-electron chi connectivity index (χ3n) is 2.39. The number of carboxylic acid groups (broad SMARTS) is 1. The fourth-order valence-corrected chi connectivity index (χ4v) is 1.62. The zero-order chi connectivity index (χ0) is 15.0. The minimum atomic E-state index is -1.07. The van der Waals surface area contributed by atoms with Crippen molar-refractivity contribution in [3.05, 3.63) is 28.8 Å². The van der Waals surface area contributed by atoms with Gasteiger partial charge in [-0.3, -0.25) is 4.79 Å². The zero-order valence-corrected chi connectivity index (χ0v) is 11.8. The molecule has 1 aromatic carbocycles. The normalized spacial score (nSPS) is 10.1. The Balaban J connectivity index is 2.41. The maximum absolute atomic E-state index is 11.5. The number of carbonyl (C=O) groups excluding carboxylic acids is 1. The lowest BCUT2D eigenvalue weighted by Gasteiger charge is -2.09. The molecule has 2 N–H and O–H groups in total. The second-order valence-electron chi connectivity index (χ2n) is 3.94. The van der Waals surface area contributed by atoms with Crippen molar-refractivity contribution in [2.75, 3.05) is 26.9 Å². The summed E-state index contributed by atoms with van der Waals surface area (Å²) in [6.45, 7) is 0.893. The monoisotopic (exact) mass is 301 g/mol. The lowest BCUT2D eigenvalue weighted by Crippen LogP contribution is -2.30. The minimum absolute atomic E-state index is 0.0615. The van der Waals surface area contributed by atoms with Crippen LogP contribution < -0.4 is 10.1 Å². The molecule has 0 bridgehead atoms. The van der Waals surface area contributed by atoms with Crippen LogP contribution in [-0.2, 0) is 9.53 Å². The van der Waals surface area contributed by atoms with Crippen LogP contribution in [0, 0.1) is 0 Å². The number of aromatic carboxylic acids is 1. The number of amides is 1. The number of carboxylic acids is 1. The van der Waals surface area contributed by atoms with Crippen molar-refractivity contribution < 1.29 is 24.2 Å². The summed E-state index contributed by atoms with van der Waals surface area (Å²) in [5, 5.41) is 11.6. The van der Waals surface area contributed by atoms with E-state index in [1.54, 1.807) is 7.11 Å². The summed E-state index contributed by atoms with van der Waals surface area (Å²) >= 11 is 5.87. The first-order valence-corrected chi connectivity index (χ1v) is 6.33. The fraction of sp³-hybridized carbons (Fsp3) is 0.385. The lowest BCUT2D eigenvalue weighted by molar-refractivity contribution is -0.123. The van der Waals surface area contributed by atoms with Crippen LogP contribution in [0.3, 0.4) is 0 Å². The van der Waals surface area contributed by atoms with Crippen molar-refractivity contribution in [2.24, 2.45) is 0 Å². The minimum Gasteiger partial charge on any atom is -0.482 e. The molecule has 0 fully saturated rings. The van der Waals surface area contributed by atoms with E-state index in [0.717, 1.165) is 6.42 Å². The molecule has 1 amide bonds. The number of nitrogens with one attached hydrogen (secondary N) is 1. The molecule has 0 heterocycles. The summed E-state index contributed by atoms with van der Waals surface area (Å²) in [6, 6.07) is 4.06. The molecule has 0 aliphatic rings. The van der Waals surface area contributed by atoms with Crippen molar-refractivity contribution >= 4 is 23.5 Å². The quantitative estimate of drug-likeness (QED) is 0.712. The average Bonchev–Trinajstić information content (AvgIpc) is 2.42. The van der Waals surface area contributed by atoms with E-state index in [0.29, 0.717) is 13.2 Å². The highest BCUT2D eigenvalue weighted by Gasteiger charge is 2.09. The fourth-order valence-electron chi connectivity index (χ4n) is 1.39. The first kappa shape index (κ1) is 16.3. The molecule has 20 heavy (non-hydrogen) atoms. The van der Waals surface area contributed by atoms with Gasteiger partial charge in [0.15, 0.2) is 6.61 Å². The van der Waals surface area contributed by atoms with E-state index in [2.05, 4.69) is 5.32 Å². The number of carbonyl (C=O) groups is 2. The number of hydrogen-bond acceptors (Lipinski definition) is 4. The van der Waals surface area contributed by atoms with Crippen LogP contribution in [0.25, 0.3) is 0 Å². The molecule has 1 rings (SSSR count). The molecule has 6 nitrogen and oxygen atoms in total. The van der Waals surface area contributed by atoms with Gasteiger partial charge < -0.3 is 19.9 Å². The summed E-state index contributed by atoms with van der Waals surface area (Å²) in [6.07, 6.45) is 0.719. The second kappa shape index (κ2) is 8.39. The maximum atomic E-state index is 11.5. The molecule has 110 valence electrons. The lowest BCUT2D eigenvalue weighted by atomic mass is 10.2. The average molecular weight is 302 g/mol. The molecule has 0 saturated heterocycles. The predicted octanol–water partition coefficient (Wildman–Crippen LogP) is 1.57. The van der Waals surface area contributed by atoms with Crippen LogP contribution >= 0.6 is 11.6 Å².